The van der Waals surface area contributed by atoms with Crippen molar-refractivity contribution in [3.05, 3.63) is 69.9 Å². The van der Waals surface area contributed by atoms with Crippen LogP contribution < -0.4 is 0 Å². The number of rotatable bonds is 6. The van der Waals surface area contributed by atoms with Gasteiger partial charge in [-0.15, -0.1) is 17.9 Å². The molecule has 5 heteroatoms. The molecule has 2 aromatic rings. The monoisotopic (exact) mass is 422 g/mol. The molecule has 0 N–H and O–H groups in total. The Balaban J connectivity index is 1.58. The molecule has 1 aromatic carbocycles. The van der Waals surface area contributed by atoms with Crippen LogP contribution in [-0.4, -0.2) is 41.2 Å². The lowest BCUT2D eigenvalue weighted by atomic mass is 9.92. The number of nitrogens with zero attached hydrogens (tertiary/aromatic N) is 2. The van der Waals surface area contributed by atoms with E-state index in [4.69, 9.17) is 0 Å². The SMILES string of the molecule is C=CCN(CC(=O)N1CCc2sccc2[C@@H]1c1ccc(C)cc1)C(=O)C1CCCC1. The Morgan fingerprint density at radius 1 is 1.20 bits per heavy atom. The van der Waals surface area contributed by atoms with E-state index < -0.39 is 0 Å². The van der Waals surface area contributed by atoms with Crippen molar-refractivity contribution >= 4 is 23.2 Å². The van der Waals surface area contributed by atoms with Crippen LogP contribution in [0.1, 0.15) is 53.3 Å². The van der Waals surface area contributed by atoms with Crippen LogP contribution in [0.15, 0.2) is 48.4 Å². The van der Waals surface area contributed by atoms with Crippen molar-refractivity contribution in [1.82, 2.24) is 9.80 Å². The summed E-state index contributed by atoms with van der Waals surface area (Å²) in [6.45, 7) is 7.12. The van der Waals surface area contributed by atoms with Crippen molar-refractivity contribution in [2.45, 2.75) is 45.1 Å². The molecule has 4 rings (SSSR count). The topological polar surface area (TPSA) is 40.6 Å². The van der Waals surface area contributed by atoms with Crippen molar-refractivity contribution in [2.75, 3.05) is 19.6 Å². The van der Waals surface area contributed by atoms with Gasteiger partial charge in [0.1, 0.15) is 6.54 Å². The van der Waals surface area contributed by atoms with Crippen LogP contribution in [0, 0.1) is 12.8 Å². The summed E-state index contributed by atoms with van der Waals surface area (Å²) in [7, 11) is 0. The largest absolute Gasteiger partial charge is 0.330 e. The number of hydrogen-bond donors (Lipinski definition) is 0. The first-order chi connectivity index (χ1) is 14.6. The van der Waals surface area contributed by atoms with Gasteiger partial charge in [-0.2, -0.15) is 0 Å². The molecular weight excluding hydrogens is 392 g/mol. The van der Waals surface area contributed by atoms with Crippen molar-refractivity contribution in [3.63, 3.8) is 0 Å². The lowest BCUT2D eigenvalue weighted by Crippen LogP contribution is -2.47. The Labute approximate surface area is 183 Å². The van der Waals surface area contributed by atoms with Gasteiger partial charge in [0.15, 0.2) is 0 Å². The van der Waals surface area contributed by atoms with Gasteiger partial charge in [0.25, 0.3) is 0 Å². The number of carbonyl (C=O) groups excluding carboxylic acids is 2. The molecule has 1 aliphatic carbocycles. The molecule has 30 heavy (non-hydrogen) atoms. The van der Waals surface area contributed by atoms with Gasteiger partial charge in [-0.1, -0.05) is 48.7 Å². The van der Waals surface area contributed by atoms with E-state index >= 15 is 0 Å². The average Bonchev–Trinajstić information content (AvgIpc) is 3.44. The van der Waals surface area contributed by atoms with Crippen LogP contribution in [0.25, 0.3) is 0 Å². The van der Waals surface area contributed by atoms with E-state index in [0.29, 0.717) is 13.1 Å². The molecule has 0 spiro atoms. The smallest absolute Gasteiger partial charge is 0.243 e. The maximum absolute atomic E-state index is 13.5. The second-order valence-corrected chi connectivity index (χ2v) is 9.44. The highest BCUT2D eigenvalue weighted by molar-refractivity contribution is 7.10. The van der Waals surface area contributed by atoms with E-state index in [1.54, 1.807) is 22.3 Å². The number of fused-ring (bicyclic) bond motifs is 1. The van der Waals surface area contributed by atoms with Crippen molar-refractivity contribution in [3.8, 4) is 0 Å². The minimum absolute atomic E-state index is 0.0191. The third-order valence-corrected chi connectivity index (χ3v) is 7.37. The number of carbonyl (C=O) groups is 2. The predicted octanol–water partition coefficient (Wildman–Crippen LogP) is 4.74. The minimum atomic E-state index is -0.0831. The third-order valence-electron chi connectivity index (χ3n) is 6.37. The molecule has 0 saturated heterocycles. The molecule has 1 fully saturated rings. The van der Waals surface area contributed by atoms with E-state index in [1.807, 2.05) is 4.90 Å². The molecule has 1 aliphatic heterocycles. The summed E-state index contributed by atoms with van der Waals surface area (Å²) in [5.41, 5.74) is 3.56. The molecular formula is C25H30N2O2S. The molecule has 2 amide bonds. The fourth-order valence-corrected chi connectivity index (χ4v) is 5.67. The molecule has 1 aromatic heterocycles. The zero-order chi connectivity index (χ0) is 21.1. The zero-order valence-electron chi connectivity index (χ0n) is 17.7. The Hall–Kier alpha value is -2.40. The highest BCUT2D eigenvalue weighted by Gasteiger charge is 2.35. The highest BCUT2D eigenvalue weighted by atomic mass is 32.1. The zero-order valence-corrected chi connectivity index (χ0v) is 18.5. The lowest BCUT2D eigenvalue weighted by Gasteiger charge is -2.38. The summed E-state index contributed by atoms with van der Waals surface area (Å²) >= 11 is 1.77. The molecule has 1 saturated carbocycles. The van der Waals surface area contributed by atoms with Crippen molar-refractivity contribution < 1.29 is 9.59 Å². The van der Waals surface area contributed by atoms with Gasteiger partial charge in [0, 0.05) is 23.9 Å². The van der Waals surface area contributed by atoms with E-state index in [9.17, 15) is 9.59 Å². The second kappa shape index (κ2) is 9.17. The average molecular weight is 423 g/mol. The molecule has 0 radical (unpaired) electrons. The Morgan fingerprint density at radius 3 is 2.63 bits per heavy atom. The Kier molecular flexibility index (Phi) is 6.38. The van der Waals surface area contributed by atoms with Crippen LogP contribution in [0.2, 0.25) is 0 Å². The number of hydrogen-bond acceptors (Lipinski definition) is 3. The maximum Gasteiger partial charge on any atom is 0.243 e. The van der Waals surface area contributed by atoms with Gasteiger partial charge in [-0.25, -0.2) is 0 Å². The van der Waals surface area contributed by atoms with E-state index in [2.05, 4.69) is 49.2 Å². The number of benzene rings is 1. The Bertz CT molecular complexity index is 911. The summed E-state index contributed by atoms with van der Waals surface area (Å²) in [5.74, 6) is 0.196. The van der Waals surface area contributed by atoms with Gasteiger partial charge < -0.3 is 9.80 Å². The molecule has 0 bridgehead atoms. The summed E-state index contributed by atoms with van der Waals surface area (Å²) in [6, 6.07) is 10.5. The molecule has 158 valence electrons. The summed E-state index contributed by atoms with van der Waals surface area (Å²) in [6.07, 6.45) is 6.69. The van der Waals surface area contributed by atoms with Crippen LogP contribution in [0.3, 0.4) is 0 Å². The maximum atomic E-state index is 13.5. The lowest BCUT2D eigenvalue weighted by molar-refractivity contribution is -0.143. The Morgan fingerprint density at radius 2 is 1.93 bits per heavy atom. The van der Waals surface area contributed by atoms with Crippen molar-refractivity contribution in [1.29, 1.82) is 0 Å². The van der Waals surface area contributed by atoms with Gasteiger partial charge in [0.05, 0.1) is 6.04 Å². The van der Waals surface area contributed by atoms with E-state index in [-0.39, 0.29) is 30.3 Å². The standard InChI is InChI=1S/C25H30N2O2S/c1-3-14-26(25(29)20-6-4-5-7-20)17-23(28)27-15-12-22-21(13-16-30-22)24(27)19-10-8-18(2)9-11-19/h3,8-11,13,16,20,24H,1,4-7,12,14-15,17H2,2H3/t24-/m0/s1. The van der Waals surface area contributed by atoms with E-state index in [1.165, 1.54) is 16.0 Å². The molecule has 4 nitrogen and oxygen atoms in total. The first-order valence-electron chi connectivity index (χ1n) is 10.9. The number of thiophene rings is 1. The van der Waals surface area contributed by atoms with Crippen LogP contribution in [0.5, 0.6) is 0 Å². The van der Waals surface area contributed by atoms with Gasteiger partial charge in [0.2, 0.25) is 11.8 Å². The van der Waals surface area contributed by atoms with Gasteiger partial charge >= 0.3 is 0 Å². The molecule has 2 heterocycles. The fourth-order valence-electron chi connectivity index (χ4n) is 4.77. The predicted molar refractivity (Wildman–Crippen MR) is 121 cm³/mol. The van der Waals surface area contributed by atoms with Gasteiger partial charge in [-0.3, -0.25) is 9.59 Å². The van der Waals surface area contributed by atoms with Gasteiger partial charge in [-0.05, 0) is 48.8 Å². The summed E-state index contributed by atoms with van der Waals surface area (Å²) < 4.78 is 0. The summed E-state index contributed by atoms with van der Waals surface area (Å²) in [4.78, 5) is 31.5. The quantitative estimate of drug-likeness (QED) is 0.631. The number of amides is 2. The normalized spacial score (nSPS) is 18.8. The first-order valence-corrected chi connectivity index (χ1v) is 11.8. The molecule has 2 aliphatic rings. The third kappa shape index (κ3) is 4.22. The summed E-state index contributed by atoms with van der Waals surface area (Å²) in [5, 5.41) is 2.12. The highest BCUT2D eigenvalue weighted by Crippen LogP contribution is 2.38. The number of aryl methyl sites for hydroxylation is 1. The van der Waals surface area contributed by atoms with Crippen LogP contribution >= 0.6 is 11.3 Å². The first kappa shape index (κ1) is 20.9. The van der Waals surface area contributed by atoms with Crippen LogP contribution in [0.4, 0.5) is 0 Å². The fraction of sp³-hybridized carbons (Fsp3) is 0.440. The van der Waals surface area contributed by atoms with E-state index in [0.717, 1.165) is 37.7 Å². The molecule has 1 atom stereocenters. The van der Waals surface area contributed by atoms with Crippen LogP contribution in [-0.2, 0) is 16.0 Å². The second-order valence-electron chi connectivity index (χ2n) is 8.44. The molecule has 0 unspecified atom stereocenters. The minimum Gasteiger partial charge on any atom is -0.330 e. The van der Waals surface area contributed by atoms with Crippen molar-refractivity contribution in [2.24, 2.45) is 5.92 Å².